The number of rotatable bonds is 5. The Labute approximate surface area is 170 Å². The monoisotopic (exact) mass is 388 g/mol. The molecular weight excluding hydrogens is 364 g/mol. The Bertz CT molecular complexity index is 968. The molecule has 0 saturated carbocycles. The van der Waals surface area contributed by atoms with E-state index in [4.69, 9.17) is 9.72 Å². The maximum absolute atomic E-state index is 12.9. The number of benzene rings is 2. The molecule has 29 heavy (non-hydrogen) atoms. The number of hydrogen-bond acceptors (Lipinski definition) is 5. The maximum Gasteiger partial charge on any atom is 0.270 e. The lowest BCUT2D eigenvalue weighted by Crippen LogP contribution is -2.37. The topological polar surface area (TPSA) is 67.4 Å². The molecule has 0 spiro atoms. The molecule has 148 valence electrons. The number of morpholine rings is 1. The number of carbonyl (C=O) groups is 1. The van der Waals surface area contributed by atoms with Crippen LogP contribution in [-0.2, 0) is 11.3 Å². The summed E-state index contributed by atoms with van der Waals surface area (Å²) in [6.07, 6.45) is 0. The van der Waals surface area contributed by atoms with E-state index in [-0.39, 0.29) is 5.91 Å². The highest BCUT2D eigenvalue weighted by molar-refractivity contribution is 5.93. The van der Waals surface area contributed by atoms with Crippen molar-refractivity contribution in [3.8, 4) is 11.4 Å². The predicted octanol–water partition coefficient (Wildman–Crippen LogP) is 3.22. The maximum atomic E-state index is 12.9. The third-order valence-corrected chi connectivity index (χ3v) is 4.89. The van der Waals surface area contributed by atoms with Gasteiger partial charge in [0.15, 0.2) is 5.82 Å². The molecular formula is C23H24N4O2. The Morgan fingerprint density at radius 2 is 1.76 bits per heavy atom. The molecule has 6 heteroatoms. The summed E-state index contributed by atoms with van der Waals surface area (Å²) in [6, 6.07) is 19.6. The molecule has 4 rings (SSSR count). The number of nitrogens with zero attached hydrogens (tertiary/aromatic N) is 3. The number of aromatic nitrogens is 2. The number of anilines is 1. The zero-order valence-electron chi connectivity index (χ0n) is 16.5. The fourth-order valence-electron chi connectivity index (χ4n) is 3.20. The Kier molecular flexibility index (Phi) is 5.81. The van der Waals surface area contributed by atoms with Gasteiger partial charge in [-0.1, -0.05) is 60.2 Å². The number of hydrogen-bond donors (Lipinski definition) is 1. The van der Waals surface area contributed by atoms with Gasteiger partial charge in [-0.3, -0.25) is 4.79 Å². The van der Waals surface area contributed by atoms with E-state index < -0.39 is 0 Å². The summed E-state index contributed by atoms with van der Waals surface area (Å²) in [5, 5.41) is 2.97. The SMILES string of the molecule is Cc1ccc(CNC(=O)c2cc(N3CCOCC3)nc(-c3ccccc3)n2)cc1. The fraction of sp³-hybridized carbons (Fsp3) is 0.261. The van der Waals surface area contributed by atoms with Crippen LogP contribution in [0.2, 0.25) is 0 Å². The van der Waals surface area contributed by atoms with E-state index >= 15 is 0 Å². The molecule has 1 aliphatic heterocycles. The van der Waals surface area contributed by atoms with Gasteiger partial charge in [0.1, 0.15) is 11.5 Å². The molecule has 3 aromatic rings. The van der Waals surface area contributed by atoms with E-state index in [0.717, 1.165) is 30.0 Å². The van der Waals surface area contributed by atoms with Crippen LogP contribution in [0.4, 0.5) is 5.82 Å². The molecule has 2 aromatic carbocycles. The standard InChI is InChI=1S/C23H24N4O2/c1-17-7-9-18(10-8-17)16-24-23(28)20-15-21(27-11-13-29-14-12-27)26-22(25-20)19-5-3-2-4-6-19/h2-10,15H,11-14,16H2,1H3,(H,24,28). The number of amides is 1. The molecule has 1 saturated heterocycles. The van der Waals surface area contributed by atoms with Crippen LogP contribution in [0.1, 0.15) is 21.6 Å². The molecule has 2 heterocycles. The summed E-state index contributed by atoms with van der Waals surface area (Å²) in [6.45, 7) is 5.29. The van der Waals surface area contributed by atoms with Crippen LogP contribution in [0.15, 0.2) is 60.7 Å². The smallest absolute Gasteiger partial charge is 0.270 e. The quantitative estimate of drug-likeness (QED) is 0.727. The van der Waals surface area contributed by atoms with Crippen LogP contribution in [0.25, 0.3) is 11.4 Å². The van der Waals surface area contributed by atoms with E-state index in [1.54, 1.807) is 6.07 Å². The highest BCUT2D eigenvalue weighted by Crippen LogP contribution is 2.21. The second-order valence-electron chi connectivity index (χ2n) is 7.07. The molecule has 1 fully saturated rings. The predicted molar refractivity (Wildman–Crippen MR) is 113 cm³/mol. The largest absolute Gasteiger partial charge is 0.378 e. The summed E-state index contributed by atoms with van der Waals surface area (Å²) in [5.74, 6) is 1.09. The van der Waals surface area contributed by atoms with Crippen molar-refractivity contribution in [2.24, 2.45) is 0 Å². The second kappa shape index (κ2) is 8.84. The van der Waals surface area contributed by atoms with Gasteiger partial charge in [0, 0.05) is 31.3 Å². The second-order valence-corrected chi connectivity index (χ2v) is 7.07. The first-order chi connectivity index (χ1) is 14.2. The summed E-state index contributed by atoms with van der Waals surface area (Å²) in [5.41, 5.74) is 3.50. The van der Waals surface area contributed by atoms with Crippen LogP contribution in [0.3, 0.4) is 0 Å². The molecule has 1 aromatic heterocycles. The lowest BCUT2D eigenvalue weighted by molar-refractivity contribution is 0.0946. The third kappa shape index (κ3) is 4.78. The minimum Gasteiger partial charge on any atom is -0.378 e. The van der Waals surface area contributed by atoms with Crippen molar-refractivity contribution in [2.75, 3.05) is 31.2 Å². The van der Waals surface area contributed by atoms with Crippen molar-refractivity contribution in [3.05, 3.63) is 77.5 Å². The van der Waals surface area contributed by atoms with Gasteiger partial charge in [-0.25, -0.2) is 9.97 Å². The Morgan fingerprint density at radius 1 is 1.03 bits per heavy atom. The fourth-order valence-corrected chi connectivity index (χ4v) is 3.20. The van der Waals surface area contributed by atoms with E-state index in [1.165, 1.54) is 5.56 Å². The molecule has 0 bridgehead atoms. The van der Waals surface area contributed by atoms with Crippen molar-refractivity contribution in [3.63, 3.8) is 0 Å². The van der Waals surface area contributed by atoms with Gasteiger partial charge in [0.2, 0.25) is 0 Å². The summed E-state index contributed by atoms with van der Waals surface area (Å²) in [4.78, 5) is 24.3. The lowest BCUT2D eigenvalue weighted by atomic mass is 10.1. The van der Waals surface area contributed by atoms with Crippen LogP contribution in [-0.4, -0.2) is 42.2 Å². The zero-order valence-corrected chi connectivity index (χ0v) is 16.5. The Hall–Kier alpha value is -3.25. The van der Waals surface area contributed by atoms with Gasteiger partial charge in [-0.05, 0) is 12.5 Å². The highest BCUT2D eigenvalue weighted by atomic mass is 16.5. The first-order valence-electron chi connectivity index (χ1n) is 9.80. The molecule has 0 unspecified atom stereocenters. The molecule has 0 atom stereocenters. The van der Waals surface area contributed by atoms with Crippen molar-refractivity contribution < 1.29 is 9.53 Å². The molecule has 6 nitrogen and oxygen atoms in total. The van der Waals surface area contributed by atoms with E-state index in [1.807, 2.05) is 61.5 Å². The van der Waals surface area contributed by atoms with Gasteiger partial charge < -0.3 is 15.0 Å². The van der Waals surface area contributed by atoms with E-state index in [2.05, 4.69) is 15.2 Å². The summed E-state index contributed by atoms with van der Waals surface area (Å²) >= 11 is 0. The lowest BCUT2D eigenvalue weighted by Gasteiger charge is -2.28. The van der Waals surface area contributed by atoms with Gasteiger partial charge in [0.25, 0.3) is 5.91 Å². The van der Waals surface area contributed by atoms with Crippen molar-refractivity contribution in [2.45, 2.75) is 13.5 Å². The van der Waals surface area contributed by atoms with E-state index in [0.29, 0.717) is 31.3 Å². The third-order valence-electron chi connectivity index (χ3n) is 4.89. The zero-order chi connectivity index (χ0) is 20.1. The van der Waals surface area contributed by atoms with Crippen LogP contribution >= 0.6 is 0 Å². The van der Waals surface area contributed by atoms with Crippen molar-refractivity contribution >= 4 is 11.7 Å². The minimum absolute atomic E-state index is 0.209. The van der Waals surface area contributed by atoms with Crippen molar-refractivity contribution in [1.29, 1.82) is 0 Å². The Morgan fingerprint density at radius 3 is 2.48 bits per heavy atom. The van der Waals surface area contributed by atoms with Crippen LogP contribution < -0.4 is 10.2 Å². The summed E-state index contributed by atoms with van der Waals surface area (Å²) in [7, 11) is 0. The molecule has 0 aliphatic carbocycles. The first-order valence-corrected chi connectivity index (χ1v) is 9.80. The number of ether oxygens (including phenoxy) is 1. The van der Waals surface area contributed by atoms with Crippen molar-refractivity contribution in [1.82, 2.24) is 15.3 Å². The molecule has 1 N–H and O–H groups in total. The highest BCUT2D eigenvalue weighted by Gasteiger charge is 2.18. The minimum atomic E-state index is -0.209. The average molecular weight is 388 g/mol. The van der Waals surface area contributed by atoms with Gasteiger partial charge in [-0.2, -0.15) is 0 Å². The normalized spacial score (nSPS) is 13.9. The van der Waals surface area contributed by atoms with E-state index in [9.17, 15) is 4.79 Å². The van der Waals surface area contributed by atoms with Gasteiger partial charge >= 0.3 is 0 Å². The first kappa shape index (κ1) is 19.1. The summed E-state index contributed by atoms with van der Waals surface area (Å²) < 4.78 is 5.45. The number of carbonyl (C=O) groups excluding carboxylic acids is 1. The molecule has 1 amide bonds. The average Bonchev–Trinajstić information content (AvgIpc) is 2.79. The van der Waals surface area contributed by atoms with Crippen LogP contribution in [0, 0.1) is 6.92 Å². The molecule has 0 radical (unpaired) electrons. The number of aryl methyl sites for hydroxylation is 1. The molecule has 1 aliphatic rings. The van der Waals surface area contributed by atoms with Gasteiger partial charge in [-0.15, -0.1) is 0 Å². The van der Waals surface area contributed by atoms with Gasteiger partial charge in [0.05, 0.1) is 13.2 Å². The number of nitrogens with one attached hydrogen (secondary N) is 1. The Balaban J connectivity index is 1.60. The van der Waals surface area contributed by atoms with Crippen LogP contribution in [0.5, 0.6) is 0 Å².